The van der Waals surface area contributed by atoms with Crippen molar-refractivity contribution < 1.29 is 0 Å². The van der Waals surface area contributed by atoms with E-state index in [1.165, 1.54) is 44.9 Å². The Morgan fingerprint density at radius 1 is 1.00 bits per heavy atom. The molecule has 0 aromatic carbocycles. The Hall–Kier alpha value is -1.24. The van der Waals surface area contributed by atoms with Gasteiger partial charge in [0.15, 0.2) is 0 Å². The Kier molecular flexibility index (Phi) is 2.86. The number of hydrogen-bond acceptors (Lipinski definition) is 1. The zero-order chi connectivity index (χ0) is 12.7. The van der Waals surface area contributed by atoms with Gasteiger partial charge in [0, 0.05) is 17.7 Å². The predicted molar refractivity (Wildman–Crippen MR) is 79.7 cm³/mol. The van der Waals surface area contributed by atoms with E-state index in [2.05, 4.69) is 41.4 Å². The average molecular weight is 253 g/mol. The lowest BCUT2D eigenvalue weighted by atomic mass is 9.83. The molecular formula is C18H23N. The average Bonchev–Trinajstić information content (AvgIpc) is 2.83. The molecule has 3 atom stereocenters. The Bertz CT molecular complexity index is 480. The Labute approximate surface area is 116 Å². The van der Waals surface area contributed by atoms with Crippen molar-refractivity contribution in [1.29, 1.82) is 0 Å². The standard InChI is InChI=1S/C18H23N/c1-2-8-14(9-3-1)19-17-12-6-4-10-15(17)16-11-5-7-13-18(16)19/h1-4,8,10,14-15,17H,5-7,9,11-13H2. The van der Waals surface area contributed by atoms with E-state index >= 15 is 0 Å². The molecule has 0 aromatic rings. The molecule has 4 aliphatic rings. The van der Waals surface area contributed by atoms with Gasteiger partial charge in [-0.2, -0.15) is 0 Å². The van der Waals surface area contributed by atoms with Gasteiger partial charge in [0.05, 0.1) is 6.04 Å². The molecule has 0 spiro atoms. The van der Waals surface area contributed by atoms with E-state index in [4.69, 9.17) is 0 Å². The van der Waals surface area contributed by atoms with Crippen molar-refractivity contribution in [3.63, 3.8) is 0 Å². The molecule has 0 fully saturated rings. The van der Waals surface area contributed by atoms with Gasteiger partial charge < -0.3 is 4.90 Å². The predicted octanol–water partition coefficient (Wildman–Crippen LogP) is 4.35. The molecule has 0 bridgehead atoms. The molecule has 4 rings (SSSR count). The van der Waals surface area contributed by atoms with Gasteiger partial charge >= 0.3 is 0 Å². The molecule has 0 saturated carbocycles. The van der Waals surface area contributed by atoms with Crippen LogP contribution in [0.4, 0.5) is 0 Å². The normalized spacial score (nSPS) is 36.6. The van der Waals surface area contributed by atoms with E-state index in [-0.39, 0.29) is 0 Å². The van der Waals surface area contributed by atoms with Gasteiger partial charge in [-0.1, -0.05) is 36.5 Å². The summed E-state index contributed by atoms with van der Waals surface area (Å²) in [5, 5.41) is 0. The Balaban J connectivity index is 1.71. The van der Waals surface area contributed by atoms with Crippen LogP contribution in [0.1, 0.15) is 44.9 Å². The summed E-state index contributed by atoms with van der Waals surface area (Å²) in [7, 11) is 0. The third kappa shape index (κ3) is 1.82. The molecule has 1 aliphatic heterocycles. The number of allylic oxidation sites excluding steroid dienone is 4. The fourth-order valence-electron chi connectivity index (χ4n) is 4.46. The van der Waals surface area contributed by atoms with Crippen LogP contribution in [0, 0.1) is 5.92 Å². The van der Waals surface area contributed by atoms with E-state index in [9.17, 15) is 0 Å². The highest BCUT2D eigenvalue weighted by Crippen LogP contribution is 2.47. The molecule has 3 unspecified atom stereocenters. The molecule has 0 aromatic heterocycles. The highest BCUT2D eigenvalue weighted by molar-refractivity contribution is 5.35. The largest absolute Gasteiger partial charge is 0.364 e. The zero-order valence-corrected chi connectivity index (χ0v) is 11.6. The highest BCUT2D eigenvalue weighted by Gasteiger charge is 2.42. The molecule has 1 heteroatoms. The molecule has 0 saturated heterocycles. The maximum Gasteiger partial charge on any atom is 0.0511 e. The number of fused-ring (bicyclic) bond motifs is 2. The van der Waals surface area contributed by atoms with E-state index in [1.54, 1.807) is 11.3 Å². The summed E-state index contributed by atoms with van der Waals surface area (Å²) in [6.07, 6.45) is 23.4. The first-order valence-corrected chi connectivity index (χ1v) is 7.95. The summed E-state index contributed by atoms with van der Waals surface area (Å²) in [6, 6.07) is 1.38. The first kappa shape index (κ1) is 11.6. The molecular weight excluding hydrogens is 230 g/mol. The molecule has 0 amide bonds. The van der Waals surface area contributed by atoms with Gasteiger partial charge in [-0.3, -0.25) is 0 Å². The van der Waals surface area contributed by atoms with Gasteiger partial charge in [-0.15, -0.1) is 0 Å². The van der Waals surface area contributed by atoms with Gasteiger partial charge in [0.1, 0.15) is 0 Å². The second-order valence-corrected chi connectivity index (χ2v) is 6.30. The third-order valence-electron chi connectivity index (χ3n) is 5.25. The quantitative estimate of drug-likeness (QED) is 0.628. The van der Waals surface area contributed by atoms with Crippen molar-refractivity contribution in [1.82, 2.24) is 4.90 Å². The van der Waals surface area contributed by atoms with Crippen molar-refractivity contribution in [2.24, 2.45) is 5.92 Å². The van der Waals surface area contributed by atoms with Crippen LogP contribution in [0.25, 0.3) is 0 Å². The summed E-state index contributed by atoms with van der Waals surface area (Å²) >= 11 is 0. The van der Waals surface area contributed by atoms with Crippen molar-refractivity contribution in [2.75, 3.05) is 0 Å². The topological polar surface area (TPSA) is 3.24 Å². The maximum atomic E-state index is 2.81. The molecule has 1 heterocycles. The minimum atomic E-state index is 0.620. The van der Waals surface area contributed by atoms with E-state index in [0.717, 1.165) is 12.0 Å². The van der Waals surface area contributed by atoms with Crippen LogP contribution in [0.5, 0.6) is 0 Å². The van der Waals surface area contributed by atoms with Crippen LogP contribution in [-0.2, 0) is 0 Å². The van der Waals surface area contributed by atoms with E-state index < -0.39 is 0 Å². The van der Waals surface area contributed by atoms with Crippen LogP contribution >= 0.6 is 0 Å². The van der Waals surface area contributed by atoms with Crippen LogP contribution < -0.4 is 0 Å². The van der Waals surface area contributed by atoms with Gasteiger partial charge in [0.25, 0.3) is 0 Å². The SMILES string of the molecule is C1=CCC(N2C3=C(CCCC3)C3C=CCCC32)C=C1. The second-order valence-electron chi connectivity index (χ2n) is 6.30. The fourth-order valence-corrected chi connectivity index (χ4v) is 4.46. The maximum absolute atomic E-state index is 2.81. The summed E-state index contributed by atoms with van der Waals surface area (Å²) in [4.78, 5) is 2.81. The van der Waals surface area contributed by atoms with Crippen LogP contribution in [0.3, 0.4) is 0 Å². The van der Waals surface area contributed by atoms with Crippen molar-refractivity contribution in [3.8, 4) is 0 Å². The minimum Gasteiger partial charge on any atom is -0.364 e. The summed E-state index contributed by atoms with van der Waals surface area (Å²) < 4.78 is 0. The molecule has 0 N–H and O–H groups in total. The fraction of sp³-hybridized carbons (Fsp3) is 0.556. The van der Waals surface area contributed by atoms with Crippen molar-refractivity contribution >= 4 is 0 Å². The summed E-state index contributed by atoms with van der Waals surface area (Å²) in [5.74, 6) is 0.739. The second kappa shape index (κ2) is 4.70. The van der Waals surface area contributed by atoms with Gasteiger partial charge in [0.2, 0.25) is 0 Å². The first-order valence-electron chi connectivity index (χ1n) is 7.95. The zero-order valence-electron chi connectivity index (χ0n) is 11.6. The van der Waals surface area contributed by atoms with Gasteiger partial charge in [-0.05, 0) is 50.5 Å². The third-order valence-corrected chi connectivity index (χ3v) is 5.25. The minimum absolute atomic E-state index is 0.620. The smallest absolute Gasteiger partial charge is 0.0511 e. The Morgan fingerprint density at radius 2 is 1.95 bits per heavy atom. The van der Waals surface area contributed by atoms with Crippen LogP contribution in [-0.4, -0.2) is 17.0 Å². The lowest BCUT2D eigenvalue weighted by Gasteiger charge is -2.39. The molecule has 0 radical (unpaired) electrons. The lowest BCUT2D eigenvalue weighted by Crippen LogP contribution is -2.41. The number of hydrogen-bond donors (Lipinski definition) is 0. The molecule has 19 heavy (non-hydrogen) atoms. The van der Waals surface area contributed by atoms with Crippen molar-refractivity contribution in [2.45, 2.75) is 57.0 Å². The summed E-state index contributed by atoms with van der Waals surface area (Å²) in [6.45, 7) is 0. The molecule has 3 aliphatic carbocycles. The van der Waals surface area contributed by atoms with Crippen LogP contribution in [0.15, 0.2) is 47.7 Å². The lowest BCUT2D eigenvalue weighted by molar-refractivity contribution is 0.195. The highest BCUT2D eigenvalue weighted by atomic mass is 15.2. The van der Waals surface area contributed by atoms with E-state index in [0.29, 0.717) is 6.04 Å². The first-order chi connectivity index (χ1) is 9.45. The van der Waals surface area contributed by atoms with Crippen molar-refractivity contribution in [3.05, 3.63) is 47.7 Å². The Morgan fingerprint density at radius 3 is 2.84 bits per heavy atom. The number of nitrogens with zero attached hydrogens (tertiary/aromatic N) is 1. The number of rotatable bonds is 1. The van der Waals surface area contributed by atoms with E-state index in [1.807, 2.05) is 0 Å². The molecule has 100 valence electrons. The molecule has 1 nitrogen and oxygen atoms in total. The van der Waals surface area contributed by atoms with Gasteiger partial charge in [-0.25, -0.2) is 0 Å². The summed E-state index contributed by atoms with van der Waals surface area (Å²) in [5.41, 5.74) is 3.51. The van der Waals surface area contributed by atoms with Crippen LogP contribution in [0.2, 0.25) is 0 Å². The monoisotopic (exact) mass is 253 g/mol.